The van der Waals surface area contributed by atoms with Crippen LogP contribution < -0.4 is 15.0 Å². The van der Waals surface area contributed by atoms with Crippen LogP contribution in [0.3, 0.4) is 0 Å². The Morgan fingerprint density at radius 1 is 1.35 bits per heavy atom. The largest absolute Gasteiger partial charge is 0.494 e. The second-order valence-electron chi connectivity index (χ2n) is 6.32. The number of methoxy groups -OCH3 is 1. The predicted octanol–water partition coefficient (Wildman–Crippen LogP) is 3.54. The third-order valence-corrected chi connectivity index (χ3v) is 3.36. The topological polar surface area (TPSA) is 111 Å². The zero-order valence-corrected chi connectivity index (χ0v) is 16.0. The highest BCUT2D eigenvalue weighted by atomic mass is 35.5. The van der Waals surface area contributed by atoms with Crippen LogP contribution in [-0.4, -0.2) is 42.6 Å². The van der Waals surface area contributed by atoms with Crippen LogP contribution in [0.15, 0.2) is 12.1 Å². The molecule has 10 heteroatoms. The fourth-order valence-electron chi connectivity index (χ4n) is 2.04. The molecule has 0 unspecified atom stereocenters. The summed E-state index contributed by atoms with van der Waals surface area (Å²) in [6, 6.07) is 2.42. The summed E-state index contributed by atoms with van der Waals surface area (Å²) in [5.74, 6) is -0.160. The maximum atomic E-state index is 12.0. The fraction of sp³-hybridized carbons (Fsp3) is 0.500. The van der Waals surface area contributed by atoms with Gasteiger partial charge in [-0.3, -0.25) is 20.2 Å². The molecular weight excluding hydrogens is 366 g/mol. The van der Waals surface area contributed by atoms with Crippen molar-refractivity contribution in [2.75, 3.05) is 30.3 Å². The van der Waals surface area contributed by atoms with Crippen LogP contribution >= 0.6 is 11.6 Å². The van der Waals surface area contributed by atoms with Crippen LogP contribution in [-0.2, 0) is 9.53 Å². The van der Waals surface area contributed by atoms with E-state index >= 15 is 0 Å². The van der Waals surface area contributed by atoms with Crippen LogP contribution in [0.5, 0.6) is 5.75 Å². The Morgan fingerprint density at radius 2 is 1.96 bits per heavy atom. The lowest BCUT2D eigenvalue weighted by Crippen LogP contribution is -2.28. The number of hydrogen-bond donors (Lipinski definition) is 1. The maximum absolute atomic E-state index is 12.0. The number of nitro benzene ring substituents is 1. The lowest BCUT2D eigenvalue weighted by atomic mass is 10.2. The van der Waals surface area contributed by atoms with Crippen LogP contribution in [0.25, 0.3) is 0 Å². The Hall–Kier alpha value is -2.55. The van der Waals surface area contributed by atoms with E-state index in [4.69, 9.17) is 21.1 Å². The van der Waals surface area contributed by atoms with Gasteiger partial charge in [-0.2, -0.15) is 0 Å². The molecule has 26 heavy (non-hydrogen) atoms. The SMILES string of the molecule is COc1cc(N(C)C(=O)CCCl)c([N+](=O)[O-])cc1NC(=O)OC(C)(C)C. The zero-order valence-electron chi connectivity index (χ0n) is 15.3. The van der Waals surface area contributed by atoms with E-state index in [0.717, 1.165) is 11.0 Å². The number of nitrogens with zero attached hydrogens (tertiary/aromatic N) is 2. The van der Waals surface area contributed by atoms with Gasteiger partial charge in [0.25, 0.3) is 5.69 Å². The molecular formula is C16H22ClN3O6. The van der Waals surface area contributed by atoms with E-state index in [2.05, 4.69) is 5.32 Å². The molecule has 0 aliphatic rings. The number of ether oxygens (including phenoxy) is 2. The maximum Gasteiger partial charge on any atom is 0.412 e. The molecule has 144 valence electrons. The molecule has 0 fully saturated rings. The van der Waals surface area contributed by atoms with Gasteiger partial charge in [0.1, 0.15) is 17.0 Å². The van der Waals surface area contributed by atoms with E-state index in [-0.39, 0.29) is 35.1 Å². The van der Waals surface area contributed by atoms with Gasteiger partial charge in [-0.1, -0.05) is 0 Å². The third kappa shape index (κ3) is 5.76. The van der Waals surface area contributed by atoms with Gasteiger partial charge in [0.15, 0.2) is 0 Å². The molecule has 0 saturated heterocycles. The summed E-state index contributed by atoms with van der Waals surface area (Å²) in [5.41, 5.74) is -1.04. The molecule has 0 heterocycles. The van der Waals surface area contributed by atoms with Crippen molar-refractivity contribution >= 4 is 40.7 Å². The first-order valence-electron chi connectivity index (χ1n) is 7.69. The Kier molecular flexibility index (Phi) is 7.19. The van der Waals surface area contributed by atoms with Crippen molar-refractivity contribution in [2.45, 2.75) is 32.8 Å². The highest BCUT2D eigenvalue weighted by molar-refractivity contribution is 6.19. The number of halogens is 1. The Balaban J connectivity index is 3.30. The number of alkyl halides is 1. The van der Waals surface area contributed by atoms with Crippen LogP contribution in [0.4, 0.5) is 21.9 Å². The summed E-state index contributed by atoms with van der Waals surface area (Å²) in [5, 5.41) is 13.8. The van der Waals surface area contributed by atoms with Crippen LogP contribution in [0.1, 0.15) is 27.2 Å². The van der Waals surface area contributed by atoms with Crippen molar-refractivity contribution in [3.8, 4) is 5.75 Å². The standard InChI is InChI=1S/C16H22ClN3O6/c1-16(2,3)26-15(22)18-10-8-12(20(23)24)11(9-13(10)25-5)19(4)14(21)6-7-17/h8-9H,6-7H2,1-5H3,(H,18,22). The number of rotatable bonds is 6. The van der Waals surface area contributed by atoms with Crippen LogP contribution in [0.2, 0.25) is 0 Å². The molecule has 1 N–H and O–H groups in total. The lowest BCUT2D eigenvalue weighted by Gasteiger charge is -2.21. The number of nitrogens with one attached hydrogen (secondary N) is 1. The van der Waals surface area contributed by atoms with Gasteiger partial charge in [0, 0.05) is 31.5 Å². The first-order valence-corrected chi connectivity index (χ1v) is 8.22. The summed E-state index contributed by atoms with van der Waals surface area (Å²) in [6.45, 7) is 5.06. The minimum Gasteiger partial charge on any atom is -0.494 e. The summed E-state index contributed by atoms with van der Waals surface area (Å²) in [4.78, 5) is 35.9. The lowest BCUT2D eigenvalue weighted by molar-refractivity contribution is -0.384. The van der Waals surface area contributed by atoms with Gasteiger partial charge in [-0.15, -0.1) is 11.6 Å². The molecule has 1 aromatic carbocycles. The van der Waals surface area contributed by atoms with Gasteiger partial charge in [-0.25, -0.2) is 4.79 Å². The molecule has 2 amide bonds. The molecule has 9 nitrogen and oxygen atoms in total. The first-order chi connectivity index (χ1) is 12.0. The molecule has 0 spiro atoms. The minimum atomic E-state index is -0.788. The quantitative estimate of drug-likeness (QED) is 0.454. The highest BCUT2D eigenvalue weighted by Crippen LogP contribution is 2.38. The van der Waals surface area contributed by atoms with Crippen molar-refractivity contribution in [3.05, 3.63) is 22.2 Å². The molecule has 0 saturated carbocycles. The highest BCUT2D eigenvalue weighted by Gasteiger charge is 2.26. The normalized spacial score (nSPS) is 10.8. The third-order valence-electron chi connectivity index (χ3n) is 3.17. The summed E-state index contributed by atoms with van der Waals surface area (Å²) >= 11 is 5.56. The van der Waals surface area contributed by atoms with E-state index in [1.54, 1.807) is 20.8 Å². The van der Waals surface area contributed by atoms with Crippen molar-refractivity contribution in [1.82, 2.24) is 0 Å². The number of nitro groups is 1. The Morgan fingerprint density at radius 3 is 2.42 bits per heavy atom. The number of anilines is 2. The van der Waals surface area contributed by atoms with E-state index in [1.165, 1.54) is 20.2 Å². The van der Waals surface area contributed by atoms with E-state index < -0.39 is 22.5 Å². The average molecular weight is 388 g/mol. The van der Waals surface area contributed by atoms with Crippen molar-refractivity contribution in [2.24, 2.45) is 0 Å². The van der Waals surface area contributed by atoms with Crippen molar-refractivity contribution < 1.29 is 24.0 Å². The monoisotopic (exact) mass is 387 g/mol. The van der Waals surface area contributed by atoms with Crippen molar-refractivity contribution in [1.29, 1.82) is 0 Å². The first kappa shape index (κ1) is 21.5. The van der Waals surface area contributed by atoms with E-state index in [0.29, 0.717) is 0 Å². The molecule has 0 aliphatic heterocycles. The van der Waals surface area contributed by atoms with Crippen molar-refractivity contribution in [3.63, 3.8) is 0 Å². The second kappa shape index (κ2) is 8.70. The molecule has 0 radical (unpaired) electrons. The van der Waals surface area contributed by atoms with Gasteiger partial charge < -0.3 is 14.4 Å². The molecule has 0 aliphatic carbocycles. The van der Waals surface area contributed by atoms with E-state index in [1.807, 2.05) is 0 Å². The van der Waals surface area contributed by atoms with Gasteiger partial charge in [0.05, 0.1) is 17.7 Å². The Bertz CT molecular complexity index is 702. The Labute approximate surface area is 156 Å². The smallest absolute Gasteiger partial charge is 0.412 e. The number of benzene rings is 1. The minimum absolute atomic E-state index is 0.0232. The number of carbonyl (C=O) groups excluding carboxylic acids is 2. The second-order valence-corrected chi connectivity index (χ2v) is 6.69. The number of amides is 2. The predicted molar refractivity (Wildman–Crippen MR) is 98.3 cm³/mol. The molecule has 1 rings (SSSR count). The van der Waals surface area contributed by atoms with E-state index in [9.17, 15) is 19.7 Å². The van der Waals surface area contributed by atoms with Gasteiger partial charge in [-0.05, 0) is 20.8 Å². The summed E-state index contributed by atoms with van der Waals surface area (Å²) in [7, 11) is 2.74. The number of carbonyl (C=O) groups is 2. The summed E-state index contributed by atoms with van der Waals surface area (Å²) in [6.07, 6.45) is -0.764. The van der Waals surface area contributed by atoms with Gasteiger partial charge >= 0.3 is 6.09 Å². The molecule has 1 aromatic rings. The average Bonchev–Trinajstić information content (AvgIpc) is 2.52. The summed E-state index contributed by atoms with van der Waals surface area (Å²) < 4.78 is 10.3. The molecule has 0 atom stereocenters. The molecule has 0 aromatic heterocycles. The molecule has 0 bridgehead atoms. The number of hydrogen-bond acceptors (Lipinski definition) is 6. The zero-order chi connectivity index (χ0) is 20.1. The fourth-order valence-corrected chi connectivity index (χ4v) is 2.20. The van der Waals surface area contributed by atoms with Gasteiger partial charge in [0.2, 0.25) is 5.91 Å². The van der Waals surface area contributed by atoms with Crippen LogP contribution in [0, 0.1) is 10.1 Å².